The maximum absolute atomic E-state index is 10.2. The number of hydrogen-bond donors (Lipinski definition) is 1. The van der Waals surface area contributed by atoms with Gasteiger partial charge in [-0.2, -0.15) is 0 Å². The fourth-order valence-corrected chi connectivity index (χ4v) is 1.44. The molecule has 0 unspecified atom stereocenters. The predicted molar refractivity (Wildman–Crippen MR) is 56.0 cm³/mol. The summed E-state index contributed by atoms with van der Waals surface area (Å²) in [6.45, 7) is 0. The van der Waals surface area contributed by atoms with Gasteiger partial charge in [0, 0.05) is 5.39 Å². The van der Waals surface area contributed by atoms with Crippen LogP contribution < -0.4 is 10.6 Å². The van der Waals surface area contributed by atoms with E-state index in [1.165, 1.54) is 6.07 Å². The van der Waals surface area contributed by atoms with Gasteiger partial charge in [-0.1, -0.05) is 30.3 Å². The molecular weight excluding hydrogens is 196 g/mol. The van der Waals surface area contributed by atoms with Crippen LogP contribution in [-0.4, -0.2) is 5.09 Å². The highest BCUT2D eigenvalue weighted by Gasteiger charge is 2.07. The molecule has 0 aliphatic rings. The van der Waals surface area contributed by atoms with Crippen LogP contribution in [0.4, 0.5) is 5.69 Å². The fourth-order valence-electron chi connectivity index (χ4n) is 1.44. The molecule has 2 N–H and O–H groups in total. The van der Waals surface area contributed by atoms with Crippen LogP contribution in [-0.2, 0) is 0 Å². The third-order valence-electron chi connectivity index (χ3n) is 2.10. The van der Waals surface area contributed by atoms with E-state index < -0.39 is 5.09 Å². The molecule has 0 spiro atoms. The lowest BCUT2D eigenvalue weighted by molar-refractivity contribution is -0.710. The fraction of sp³-hybridized carbons (Fsp3) is 0. The van der Waals surface area contributed by atoms with E-state index in [4.69, 9.17) is 5.73 Å². The van der Waals surface area contributed by atoms with E-state index >= 15 is 0 Å². The highest BCUT2D eigenvalue weighted by molar-refractivity contribution is 5.95. The lowest BCUT2D eigenvalue weighted by Crippen LogP contribution is -2.05. The molecule has 5 heteroatoms. The maximum atomic E-state index is 10.2. The Balaban J connectivity index is 2.59. The summed E-state index contributed by atoms with van der Waals surface area (Å²) in [7, 11) is 0. The second-order valence-electron chi connectivity index (χ2n) is 3.01. The molecule has 0 aliphatic carbocycles. The molecule has 2 aromatic carbocycles. The molecule has 15 heavy (non-hydrogen) atoms. The van der Waals surface area contributed by atoms with Gasteiger partial charge in [-0.3, -0.25) is 4.84 Å². The summed E-state index contributed by atoms with van der Waals surface area (Å²) in [5, 5.41) is 11.0. The van der Waals surface area contributed by atoms with Crippen LogP contribution in [0.3, 0.4) is 0 Å². The first-order valence-electron chi connectivity index (χ1n) is 4.28. The van der Waals surface area contributed by atoms with Crippen molar-refractivity contribution in [1.29, 1.82) is 0 Å². The third kappa shape index (κ3) is 1.67. The van der Waals surface area contributed by atoms with Gasteiger partial charge < -0.3 is 5.73 Å². The van der Waals surface area contributed by atoms with Crippen LogP contribution in [0.2, 0.25) is 0 Å². The lowest BCUT2D eigenvalue weighted by atomic mass is 10.1. The summed E-state index contributed by atoms with van der Waals surface area (Å²) < 4.78 is 0. The topological polar surface area (TPSA) is 78.4 Å². The van der Waals surface area contributed by atoms with Gasteiger partial charge in [0.05, 0.1) is 5.69 Å². The van der Waals surface area contributed by atoms with Gasteiger partial charge in [0.1, 0.15) is 5.75 Å². The molecule has 0 bridgehead atoms. The highest BCUT2D eigenvalue weighted by Crippen LogP contribution is 2.30. The number of anilines is 1. The van der Waals surface area contributed by atoms with E-state index in [2.05, 4.69) is 4.84 Å². The highest BCUT2D eigenvalue weighted by atomic mass is 17.0. The summed E-state index contributed by atoms with van der Waals surface area (Å²) in [4.78, 5) is 14.5. The number of rotatable bonds is 2. The number of hydrogen-bond acceptors (Lipinski definition) is 4. The average molecular weight is 204 g/mol. The van der Waals surface area contributed by atoms with E-state index in [1.807, 2.05) is 18.2 Å². The van der Waals surface area contributed by atoms with Crippen LogP contribution >= 0.6 is 0 Å². The van der Waals surface area contributed by atoms with Crippen LogP contribution in [0.25, 0.3) is 10.8 Å². The number of nitrogens with zero attached hydrogens (tertiary/aromatic N) is 1. The number of nitrogens with two attached hydrogens (primary N) is 1. The Morgan fingerprint density at radius 1 is 1.20 bits per heavy atom. The van der Waals surface area contributed by atoms with Crippen LogP contribution in [0.5, 0.6) is 5.75 Å². The van der Waals surface area contributed by atoms with Gasteiger partial charge in [-0.05, 0) is 11.5 Å². The summed E-state index contributed by atoms with van der Waals surface area (Å²) in [6, 6.07) is 10.6. The monoisotopic (exact) mass is 204 g/mol. The van der Waals surface area contributed by atoms with Crippen LogP contribution in [0.1, 0.15) is 0 Å². The Hall–Kier alpha value is -2.30. The first-order chi connectivity index (χ1) is 7.18. The van der Waals surface area contributed by atoms with Gasteiger partial charge in [0.25, 0.3) is 5.09 Å². The van der Waals surface area contributed by atoms with Crippen molar-refractivity contribution in [2.45, 2.75) is 0 Å². The average Bonchev–Trinajstić information content (AvgIpc) is 2.22. The molecule has 0 aromatic heterocycles. The third-order valence-corrected chi connectivity index (χ3v) is 2.10. The largest absolute Gasteiger partial charge is 0.396 e. The SMILES string of the molecule is Nc1c(O[N+](=O)[O-])ccc2ccccc12. The first kappa shape index (κ1) is 9.26. The molecule has 0 saturated heterocycles. The molecule has 2 rings (SSSR count). The normalized spacial score (nSPS) is 10.1. The van der Waals surface area contributed by atoms with E-state index in [9.17, 15) is 10.1 Å². The minimum absolute atomic E-state index is 0.0682. The van der Waals surface area contributed by atoms with Gasteiger partial charge in [0.2, 0.25) is 0 Å². The zero-order chi connectivity index (χ0) is 10.8. The second kappa shape index (κ2) is 3.45. The minimum atomic E-state index is -0.875. The molecule has 0 atom stereocenters. The van der Waals surface area contributed by atoms with E-state index in [0.717, 1.165) is 10.8 Å². The molecule has 0 radical (unpaired) electrons. The van der Waals surface area contributed by atoms with Crippen molar-refractivity contribution in [2.75, 3.05) is 5.73 Å². The minimum Gasteiger partial charge on any atom is -0.396 e. The maximum Gasteiger partial charge on any atom is 0.299 e. The van der Waals surface area contributed by atoms with Crippen LogP contribution in [0, 0.1) is 10.1 Å². The molecular formula is C10H8N2O3. The molecule has 0 amide bonds. The van der Waals surface area contributed by atoms with Gasteiger partial charge in [-0.15, -0.1) is 10.1 Å². The Labute approximate surface area is 85.2 Å². The zero-order valence-electron chi connectivity index (χ0n) is 7.71. The molecule has 0 fully saturated rings. The first-order valence-corrected chi connectivity index (χ1v) is 4.28. The molecule has 0 aliphatic heterocycles. The number of fused-ring (bicyclic) bond motifs is 1. The summed E-state index contributed by atoms with van der Waals surface area (Å²) in [5.41, 5.74) is 6.02. The molecule has 2 aromatic rings. The van der Waals surface area contributed by atoms with Gasteiger partial charge >= 0.3 is 0 Å². The molecule has 0 heterocycles. The van der Waals surface area contributed by atoms with Crippen molar-refractivity contribution in [3.8, 4) is 5.75 Å². The van der Waals surface area contributed by atoms with Crippen molar-refractivity contribution in [3.63, 3.8) is 0 Å². The quantitative estimate of drug-likeness (QED) is 0.461. The molecule has 0 saturated carbocycles. The van der Waals surface area contributed by atoms with E-state index in [-0.39, 0.29) is 11.4 Å². The standard InChI is InChI=1S/C10H8N2O3/c11-10-8-4-2-1-3-7(8)5-6-9(10)15-12(13)14/h1-6H,11H2. The number of benzene rings is 2. The smallest absolute Gasteiger partial charge is 0.299 e. The summed E-state index contributed by atoms with van der Waals surface area (Å²) >= 11 is 0. The van der Waals surface area contributed by atoms with Crippen molar-refractivity contribution in [2.24, 2.45) is 0 Å². The second-order valence-corrected chi connectivity index (χ2v) is 3.01. The van der Waals surface area contributed by atoms with Crippen LogP contribution in [0.15, 0.2) is 36.4 Å². The Morgan fingerprint density at radius 2 is 1.93 bits per heavy atom. The van der Waals surface area contributed by atoms with Crippen molar-refractivity contribution < 1.29 is 9.92 Å². The Kier molecular flexibility index (Phi) is 2.13. The molecule has 5 nitrogen and oxygen atoms in total. The van der Waals surface area contributed by atoms with E-state index in [1.54, 1.807) is 12.1 Å². The summed E-state index contributed by atoms with van der Waals surface area (Å²) in [5.74, 6) is 0.0682. The lowest BCUT2D eigenvalue weighted by Gasteiger charge is -2.06. The Morgan fingerprint density at radius 3 is 2.67 bits per heavy atom. The van der Waals surface area contributed by atoms with Gasteiger partial charge in [-0.25, -0.2) is 0 Å². The number of nitrogen functional groups attached to an aromatic ring is 1. The Bertz CT molecular complexity index is 525. The van der Waals surface area contributed by atoms with Crippen molar-refractivity contribution >= 4 is 16.5 Å². The molecule has 76 valence electrons. The summed E-state index contributed by atoms with van der Waals surface area (Å²) in [6.07, 6.45) is 0. The van der Waals surface area contributed by atoms with E-state index in [0.29, 0.717) is 0 Å². The zero-order valence-corrected chi connectivity index (χ0v) is 7.71. The van der Waals surface area contributed by atoms with Crippen molar-refractivity contribution in [3.05, 3.63) is 46.5 Å². The van der Waals surface area contributed by atoms with Gasteiger partial charge in [0.15, 0.2) is 0 Å². The predicted octanol–water partition coefficient (Wildman–Crippen LogP) is 1.99. The van der Waals surface area contributed by atoms with Crippen molar-refractivity contribution in [1.82, 2.24) is 0 Å².